The molecule has 0 saturated heterocycles. The Labute approximate surface area is 206 Å². The summed E-state index contributed by atoms with van der Waals surface area (Å²) in [5.74, 6) is -0.132. The highest BCUT2D eigenvalue weighted by molar-refractivity contribution is 7.92. The van der Waals surface area contributed by atoms with E-state index in [1.165, 1.54) is 24.3 Å². The van der Waals surface area contributed by atoms with E-state index in [4.69, 9.17) is 4.74 Å². The Kier molecular flexibility index (Phi) is 8.86. The Hall–Kier alpha value is -3.85. The van der Waals surface area contributed by atoms with Gasteiger partial charge in [0.25, 0.3) is 15.9 Å². The monoisotopic (exact) mass is 495 g/mol. The van der Waals surface area contributed by atoms with Gasteiger partial charge < -0.3 is 15.0 Å². The van der Waals surface area contributed by atoms with Crippen LogP contribution in [0.1, 0.15) is 29.8 Å². The van der Waals surface area contributed by atoms with Crippen molar-refractivity contribution < 1.29 is 22.7 Å². The Morgan fingerprint density at radius 1 is 0.914 bits per heavy atom. The van der Waals surface area contributed by atoms with Gasteiger partial charge in [-0.25, -0.2) is 8.42 Å². The molecule has 3 aromatic carbocycles. The van der Waals surface area contributed by atoms with Gasteiger partial charge in [-0.2, -0.15) is 0 Å². The minimum atomic E-state index is -3.92. The first-order chi connectivity index (χ1) is 16.8. The van der Waals surface area contributed by atoms with E-state index in [-0.39, 0.29) is 22.9 Å². The normalized spacial score (nSPS) is 10.9. The summed E-state index contributed by atoms with van der Waals surface area (Å²) >= 11 is 0. The molecule has 0 heterocycles. The van der Waals surface area contributed by atoms with Crippen molar-refractivity contribution in [2.24, 2.45) is 0 Å². The summed E-state index contributed by atoms with van der Waals surface area (Å²) in [6.07, 6.45) is 0. The topological polar surface area (TPSA) is 105 Å². The molecule has 8 nitrogen and oxygen atoms in total. The Balaban J connectivity index is 1.62. The maximum Gasteiger partial charge on any atom is 0.261 e. The van der Waals surface area contributed by atoms with E-state index in [1.807, 2.05) is 44.2 Å². The quantitative estimate of drug-likeness (QED) is 0.422. The lowest BCUT2D eigenvalue weighted by Gasteiger charge is -2.21. The molecule has 0 aromatic heterocycles. The lowest BCUT2D eigenvalue weighted by atomic mass is 10.2. The summed E-state index contributed by atoms with van der Waals surface area (Å²) in [6, 6.07) is 21.8. The molecule has 3 aromatic rings. The zero-order chi connectivity index (χ0) is 25.3. The van der Waals surface area contributed by atoms with E-state index in [0.29, 0.717) is 31.1 Å². The fraction of sp³-hybridized carbons (Fsp3) is 0.231. The minimum absolute atomic E-state index is 0.0652. The van der Waals surface area contributed by atoms with Gasteiger partial charge in [0, 0.05) is 24.3 Å². The molecule has 0 radical (unpaired) electrons. The van der Waals surface area contributed by atoms with E-state index in [1.54, 1.807) is 29.2 Å². The van der Waals surface area contributed by atoms with Crippen LogP contribution in [0.25, 0.3) is 0 Å². The number of amides is 2. The van der Waals surface area contributed by atoms with Crippen LogP contribution in [-0.4, -0.2) is 44.8 Å². The fourth-order valence-corrected chi connectivity index (χ4v) is 4.46. The highest BCUT2D eigenvalue weighted by Gasteiger charge is 2.18. The van der Waals surface area contributed by atoms with E-state index < -0.39 is 15.9 Å². The van der Waals surface area contributed by atoms with Crippen LogP contribution < -0.4 is 14.8 Å². The summed E-state index contributed by atoms with van der Waals surface area (Å²) in [6.45, 7) is 4.98. The van der Waals surface area contributed by atoms with Crippen molar-refractivity contribution in [3.8, 4) is 5.75 Å². The third kappa shape index (κ3) is 7.31. The Morgan fingerprint density at radius 2 is 1.63 bits per heavy atom. The second-order valence-electron chi connectivity index (χ2n) is 7.67. The molecule has 2 amide bonds. The number of rotatable bonds is 11. The van der Waals surface area contributed by atoms with Crippen molar-refractivity contribution >= 4 is 27.5 Å². The average molecular weight is 496 g/mol. The molecule has 0 fully saturated rings. The number of ether oxygens (including phenoxy) is 1. The van der Waals surface area contributed by atoms with Crippen LogP contribution in [0, 0.1) is 0 Å². The van der Waals surface area contributed by atoms with Crippen molar-refractivity contribution in [2.75, 3.05) is 24.4 Å². The first kappa shape index (κ1) is 25.8. The van der Waals surface area contributed by atoms with Gasteiger partial charge in [-0.15, -0.1) is 0 Å². The molecule has 3 rings (SSSR count). The fourth-order valence-electron chi connectivity index (χ4n) is 3.35. The molecule has 2 N–H and O–H groups in total. The number of hydrogen-bond acceptors (Lipinski definition) is 5. The highest BCUT2D eigenvalue weighted by atomic mass is 32.2. The van der Waals surface area contributed by atoms with E-state index in [0.717, 1.165) is 5.56 Å². The molecule has 0 unspecified atom stereocenters. The van der Waals surface area contributed by atoms with Crippen LogP contribution in [0.15, 0.2) is 83.8 Å². The molecule has 9 heteroatoms. The van der Waals surface area contributed by atoms with Crippen LogP contribution in [0.2, 0.25) is 0 Å². The maximum atomic E-state index is 12.8. The van der Waals surface area contributed by atoms with E-state index in [2.05, 4.69) is 10.0 Å². The number of likely N-dealkylation sites (N-methyl/N-ethyl adjacent to an activating group) is 1. The summed E-state index contributed by atoms with van der Waals surface area (Å²) in [5, 5.41) is 2.59. The minimum Gasteiger partial charge on any atom is -0.494 e. The zero-order valence-corrected chi connectivity index (χ0v) is 20.5. The SMILES string of the molecule is CCOc1ccc(NS(=O)(=O)c2cccc(C(=O)NCC(=O)N(CC)Cc3ccccc3)c2)cc1. The third-order valence-corrected chi connectivity index (χ3v) is 6.55. The molecule has 35 heavy (non-hydrogen) atoms. The predicted octanol–water partition coefficient (Wildman–Crippen LogP) is 3.66. The van der Waals surface area contributed by atoms with Crippen LogP contribution in [-0.2, 0) is 21.4 Å². The number of nitrogens with one attached hydrogen (secondary N) is 2. The van der Waals surface area contributed by atoms with Gasteiger partial charge in [-0.1, -0.05) is 36.4 Å². The molecule has 0 saturated carbocycles. The molecule has 184 valence electrons. The smallest absolute Gasteiger partial charge is 0.261 e. The average Bonchev–Trinajstić information content (AvgIpc) is 2.87. The molecule has 0 aliphatic carbocycles. The summed E-state index contributed by atoms with van der Waals surface area (Å²) in [5.41, 5.74) is 1.50. The van der Waals surface area contributed by atoms with Gasteiger partial charge in [0.15, 0.2) is 0 Å². The lowest BCUT2D eigenvalue weighted by molar-refractivity contribution is -0.130. The van der Waals surface area contributed by atoms with E-state index in [9.17, 15) is 18.0 Å². The van der Waals surface area contributed by atoms with Crippen LogP contribution in [0.5, 0.6) is 5.75 Å². The van der Waals surface area contributed by atoms with Gasteiger partial charge in [-0.05, 0) is 61.9 Å². The Bertz CT molecular complexity index is 1250. The van der Waals surface area contributed by atoms with Crippen molar-refractivity contribution in [3.05, 3.63) is 90.0 Å². The van der Waals surface area contributed by atoms with Gasteiger partial charge >= 0.3 is 0 Å². The van der Waals surface area contributed by atoms with Crippen LogP contribution >= 0.6 is 0 Å². The van der Waals surface area contributed by atoms with Crippen molar-refractivity contribution in [3.63, 3.8) is 0 Å². The second-order valence-corrected chi connectivity index (χ2v) is 9.35. The van der Waals surface area contributed by atoms with Crippen LogP contribution in [0.3, 0.4) is 0 Å². The van der Waals surface area contributed by atoms with Crippen molar-refractivity contribution in [2.45, 2.75) is 25.3 Å². The molecule has 0 aliphatic heterocycles. The van der Waals surface area contributed by atoms with Gasteiger partial charge in [0.05, 0.1) is 18.0 Å². The number of carbonyl (C=O) groups excluding carboxylic acids is 2. The lowest BCUT2D eigenvalue weighted by Crippen LogP contribution is -2.39. The number of nitrogens with zero attached hydrogens (tertiary/aromatic N) is 1. The number of benzene rings is 3. The summed E-state index contributed by atoms with van der Waals surface area (Å²) in [7, 11) is -3.92. The molecule has 0 spiro atoms. The number of hydrogen-bond donors (Lipinski definition) is 2. The predicted molar refractivity (Wildman–Crippen MR) is 135 cm³/mol. The van der Waals surface area contributed by atoms with E-state index >= 15 is 0 Å². The van der Waals surface area contributed by atoms with Crippen LogP contribution in [0.4, 0.5) is 5.69 Å². The van der Waals surface area contributed by atoms with Gasteiger partial charge in [0.1, 0.15) is 5.75 Å². The molecule has 0 atom stereocenters. The number of sulfonamides is 1. The standard InChI is InChI=1S/C26H29N3O5S/c1-3-29(19-20-9-6-5-7-10-20)25(30)18-27-26(31)21-11-8-12-24(17-21)35(32,33)28-22-13-15-23(16-14-22)34-4-2/h5-17,28H,3-4,18-19H2,1-2H3,(H,27,31). The largest absolute Gasteiger partial charge is 0.494 e. The molecular weight excluding hydrogens is 466 g/mol. The Morgan fingerprint density at radius 3 is 2.29 bits per heavy atom. The highest BCUT2D eigenvalue weighted by Crippen LogP contribution is 2.20. The number of anilines is 1. The van der Waals surface area contributed by atoms with Crippen molar-refractivity contribution in [1.82, 2.24) is 10.2 Å². The second kappa shape index (κ2) is 12.0. The molecule has 0 bridgehead atoms. The summed E-state index contributed by atoms with van der Waals surface area (Å²) in [4.78, 5) is 26.8. The summed E-state index contributed by atoms with van der Waals surface area (Å²) < 4.78 is 33.5. The number of carbonyl (C=O) groups is 2. The first-order valence-electron chi connectivity index (χ1n) is 11.3. The van der Waals surface area contributed by atoms with Gasteiger partial charge in [0.2, 0.25) is 5.91 Å². The van der Waals surface area contributed by atoms with Gasteiger partial charge in [-0.3, -0.25) is 14.3 Å². The molecular formula is C26H29N3O5S. The third-order valence-electron chi connectivity index (χ3n) is 5.17. The first-order valence-corrected chi connectivity index (χ1v) is 12.8. The molecule has 0 aliphatic rings. The zero-order valence-electron chi connectivity index (χ0n) is 19.7. The maximum absolute atomic E-state index is 12.8. The van der Waals surface area contributed by atoms with Crippen molar-refractivity contribution in [1.29, 1.82) is 0 Å².